The van der Waals surface area contributed by atoms with Crippen LogP contribution in [0.25, 0.3) is 0 Å². The molecule has 0 radical (unpaired) electrons. The summed E-state index contributed by atoms with van der Waals surface area (Å²) in [6.07, 6.45) is -6.33. The minimum Gasteiger partial charge on any atom is -0.394 e. The molecular formula is C7H14O6. The van der Waals surface area contributed by atoms with Crippen LogP contribution in [-0.2, 0) is 9.47 Å². The van der Waals surface area contributed by atoms with Gasteiger partial charge in [0, 0.05) is 7.09 Å². The molecular weight excluding hydrogens is 180 g/mol. The molecule has 6 nitrogen and oxygen atoms in total. The number of hydrogen-bond donors (Lipinski definition) is 4. The zero-order valence-electron chi connectivity index (χ0n) is 7.91. The summed E-state index contributed by atoms with van der Waals surface area (Å²) in [7, 11) is -0.455. The second kappa shape index (κ2) is 4.32. The minimum absolute atomic E-state index is 0.455. The fourth-order valence-corrected chi connectivity index (χ4v) is 1.26. The Bertz CT molecular complexity index is 180. The van der Waals surface area contributed by atoms with Crippen molar-refractivity contribution in [2.24, 2.45) is 0 Å². The first-order valence-electron chi connectivity index (χ1n) is 4.54. The van der Waals surface area contributed by atoms with Crippen LogP contribution >= 0.6 is 0 Å². The highest BCUT2D eigenvalue weighted by Gasteiger charge is 2.43. The van der Waals surface area contributed by atoms with Crippen LogP contribution in [0.3, 0.4) is 0 Å². The minimum atomic E-state index is -1.52. The summed E-state index contributed by atoms with van der Waals surface area (Å²) in [5, 5.41) is 36.7. The van der Waals surface area contributed by atoms with Crippen molar-refractivity contribution in [3.8, 4) is 0 Å². The molecule has 1 fully saturated rings. The molecule has 1 unspecified atom stereocenters. The van der Waals surface area contributed by atoms with Crippen molar-refractivity contribution in [1.82, 2.24) is 0 Å². The van der Waals surface area contributed by atoms with E-state index in [1.807, 2.05) is 0 Å². The smallest absolute Gasteiger partial charge is 0.184 e. The Hall–Kier alpha value is -0.240. The summed E-state index contributed by atoms with van der Waals surface area (Å²) in [6, 6.07) is 0. The van der Waals surface area contributed by atoms with Gasteiger partial charge in [-0.25, -0.2) is 0 Å². The molecule has 1 saturated heterocycles. The Morgan fingerprint density at radius 2 is 2.08 bits per heavy atom. The lowest BCUT2D eigenvalue weighted by atomic mass is 9.99. The molecule has 0 aromatic rings. The zero-order chi connectivity index (χ0) is 10.7. The van der Waals surface area contributed by atoms with Gasteiger partial charge in [0.15, 0.2) is 6.29 Å². The van der Waals surface area contributed by atoms with Gasteiger partial charge in [0.25, 0.3) is 0 Å². The summed E-state index contributed by atoms with van der Waals surface area (Å²) in [6.45, 7) is -0.497. The third-order valence-electron chi connectivity index (χ3n) is 2.03. The maximum atomic E-state index is 9.48. The molecule has 0 aromatic carbocycles. The van der Waals surface area contributed by atoms with Crippen LogP contribution in [0.15, 0.2) is 0 Å². The van der Waals surface area contributed by atoms with Gasteiger partial charge in [-0.3, -0.25) is 0 Å². The summed E-state index contributed by atoms with van der Waals surface area (Å²) in [5.74, 6) is 0. The van der Waals surface area contributed by atoms with Gasteiger partial charge < -0.3 is 29.9 Å². The van der Waals surface area contributed by atoms with Gasteiger partial charge in [0.05, 0.1) is 7.98 Å². The van der Waals surface area contributed by atoms with Crippen molar-refractivity contribution in [3.05, 3.63) is 0 Å². The van der Waals surface area contributed by atoms with Gasteiger partial charge >= 0.3 is 0 Å². The van der Waals surface area contributed by atoms with Crippen LogP contribution in [-0.4, -0.2) is 64.8 Å². The first-order valence-corrected chi connectivity index (χ1v) is 3.83. The molecule has 1 aliphatic heterocycles. The summed E-state index contributed by atoms with van der Waals surface area (Å²) < 4.78 is 16.2. The van der Waals surface area contributed by atoms with E-state index >= 15 is 0 Å². The van der Waals surface area contributed by atoms with E-state index in [1.54, 1.807) is 0 Å². The van der Waals surface area contributed by atoms with E-state index in [-0.39, 0.29) is 0 Å². The van der Waals surface area contributed by atoms with Gasteiger partial charge in [-0.05, 0) is 0 Å². The van der Waals surface area contributed by atoms with E-state index < -0.39 is 44.4 Å². The van der Waals surface area contributed by atoms with Crippen molar-refractivity contribution in [1.29, 1.82) is 0 Å². The maximum absolute atomic E-state index is 9.48. The number of hydrogen-bond acceptors (Lipinski definition) is 6. The van der Waals surface area contributed by atoms with Gasteiger partial charge in [0.1, 0.15) is 24.4 Å². The van der Waals surface area contributed by atoms with E-state index in [2.05, 4.69) is 0 Å². The maximum Gasteiger partial charge on any atom is 0.184 e. The summed E-state index contributed by atoms with van der Waals surface area (Å²) >= 11 is 0. The second-order valence-electron chi connectivity index (χ2n) is 2.86. The molecule has 0 aliphatic carbocycles. The van der Waals surface area contributed by atoms with Crippen LogP contribution in [0.1, 0.15) is 1.37 Å². The molecule has 1 aliphatic rings. The lowest BCUT2D eigenvalue weighted by molar-refractivity contribution is -0.290. The number of aliphatic hydroxyl groups excluding tert-OH is 4. The molecule has 4 N–H and O–H groups in total. The highest BCUT2D eigenvalue weighted by Crippen LogP contribution is 2.21. The van der Waals surface area contributed by atoms with E-state index in [9.17, 15) is 10.2 Å². The Morgan fingerprint density at radius 3 is 2.62 bits per heavy atom. The van der Waals surface area contributed by atoms with Crippen LogP contribution in [0.2, 0.25) is 0 Å². The fourth-order valence-electron chi connectivity index (χ4n) is 1.26. The zero-order valence-corrected chi connectivity index (χ0v) is 6.91. The molecule has 0 bridgehead atoms. The second-order valence-corrected chi connectivity index (χ2v) is 2.86. The van der Waals surface area contributed by atoms with Gasteiger partial charge in [-0.1, -0.05) is 0 Å². The summed E-state index contributed by atoms with van der Waals surface area (Å²) in [5.41, 5.74) is 0. The molecule has 0 aromatic heterocycles. The average molecular weight is 195 g/mol. The molecule has 0 saturated carbocycles. The lowest BCUT2D eigenvalue weighted by Gasteiger charge is -2.39. The van der Waals surface area contributed by atoms with Crippen LogP contribution < -0.4 is 0 Å². The predicted molar refractivity (Wildman–Crippen MR) is 40.8 cm³/mol. The topological polar surface area (TPSA) is 99.4 Å². The quantitative estimate of drug-likeness (QED) is 0.386. The molecule has 0 spiro atoms. The van der Waals surface area contributed by atoms with Gasteiger partial charge in [-0.2, -0.15) is 0 Å². The number of methoxy groups -OCH3 is 1. The van der Waals surface area contributed by atoms with Gasteiger partial charge in [-0.15, -0.1) is 0 Å². The number of rotatable bonds is 2. The fraction of sp³-hybridized carbons (Fsp3) is 1.00. The first kappa shape index (κ1) is 9.32. The normalized spacial score (nSPS) is 47.4. The largest absolute Gasteiger partial charge is 0.394 e. The third kappa shape index (κ3) is 1.98. The Balaban J connectivity index is 2.67. The third-order valence-corrected chi connectivity index (χ3v) is 2.03. The molecule has 13 heavy (non-hydrogen) atoms. The van der Waals surface area contributed by atoms with E-state index in [0.717, 1.165) is 0 Å². The van der Waals surface area contributed by atoms with Crippen LogP contribution in [0.5, 0.6) is 0 Å². The standard InChI is InChI=1S/C7H14O6/c1-12-6-4(9)3(2-8)13-7(11)5(6)10/h3-11H,2H2,1H3/t3-,4-,5-,6+,7?/m1/s1/i1D. The van der Waals surface area contributed by atoms with Gasteiger partial charge in [0.2, 0.25) is 0 Å². The molecule has 1 rings (SSSR count). The lowest BCUT2D eigenvalue weighted by Crippen LogP contribution is -2.59. The monoisotopic (exact) mass is 195 g/mol. The first-order chi connectivity index (χ1) is 6.61. The molecule has 1 heterocycles. The van der Waals surface area contributed by atoms with Crippen molar-refractivity contribution in [2.45, 2.75) is 30.7 Å². The number of aliphatic hydroxyl groups is 4. The van der Waals surface area contributed by atoms with Crippen molar-refractivity contribution >= 4 is 0 Å². The number of ether oxygens (including phenoxy) is 2. The predicted octanol–water partition coefficient (Wildman–Crippen LogP) is -2.57. The van der Waals surface area contributed by atoms with E-state index in [0.29, 0.717) is 0 Å². The summed E-state index contributed by atoms with van der Waals surface area (Å²) in [4.78, 5) is 0. The van der Waals surface area contributed by atoms with E-state index in [1.165, 1.54) is 0 Å². The average Bonchev–Trinajstić information content (AvgIpc) is 2.18. The molecule has 5 atom stereocenters. The van der Waals surface area contributed by atoms with Crippen molar-refractivity contribution in [3.63, 3.8) is 0 Å². The van der Waals surface area contributed by atoms with Crippen molar-refractivity contribution in [2.75, 3.05) is 13.7 Å². The highest BCUT2D eigenvalue weighted by molar-refractivity contribution is 4.89. The van der Waals surface area contributed by atoms with Crippen LogP contribution in [0, 0.1) is 0 Å². The van der Waals surface area contributed by atoms with Crippen molar-refractivity contribution < 1.29 is 31.3 Å². The molecule has 6 heteroatoms. The van der Waals surface area contributed by atoms with Crippen LogP contribution in [0.4, 0.5) is 0 Å². The Kier molecular flexibility index (Phi) is 3.09. The van der Waals surface area contributed by atoms with E-state index in [4.69, 9.17) is 21.1 Å². The SMILES string of the molecule is [2H]CO[C@H]1[C@H](O)[C@@H](CO)OC(O)[C@@H]1O. The highest BCUT2D eigenvalue weighted by atomic mass is 16.6. The Labute approximate surface area is 76.7 Å². The molecule has 0 amide bonds. The Morgan fingerprint density at radius 1 is 1.38 bits per heavy atom. The molecule has 78 valence electrons.